The summed E-state index contributed by atoms with van der Waals surface area (Å²) in [7, 11) is -11.7. The number of carbonyl (C=O) groups is 3. The Morgan fingerprint density at radius 3 is 1.51 bits per heavy atom. The van der Waals surface area contributed by atoms with Crippen molar-refractivity contribution in [2.24, 2.45) is 11.5 Å². The second kappa shape index (κ2) is 15.2. The molecule has 250 valence electrons. The number of nitrogens with two attached hydrogens (primary N) is 2. The SMILES string of the molecule is CSCCC(N)C(=O)NC(Cc1ccc(C(F)(F)P(=O)(O)O)cc1)C(=O)NC(Cc1ccc(C(F)(F)P(=O)(O)O)cc1)C(N)=O. The molecule has 3 amide bonds. The van der Waals surface area contributed by atoms with Gasteiger partial charge in [0.2, 0.25) is 17.7 Å². The van der Waals surface area contributed by atoms with E-state index in [0.29, 0.717) is 5.75 Å². The molecule has 0 spiro atoms. The molecule has 13 nitrogen and oxygen atoms in total. The summed E-state index contributed by atoms with van der Waals surface area (Å²) < 4.78 is 78.4. The molecule has 3 unspecified atom stereocenters. The fraction of sp³-hybridized carbons (Fsp3) is 0.400. The lowest BCUT2D eigenvalue weighted by atomic mass is 10.0. The molecule has 0 aromatic heterocycles. The van der Waals surface area contributed by atoms with Crippen LogP contribution >= 0.6 is 27.0 Å². The van der Waals surface area contributed by atoms with Crippen molar-refractivity contribution in [2.45, 2.75) is 48.7 Å². The fourth-order valence-corrected chi connectivity index (χ4v) is 5.31. The lowest BCUT2D eigenvalue weighted by molar-refractivity contribution is -0.131. The monoisotopic (exact) mass is 702 g/mol. The van der Waals surface area contributed by atoms with E-state index in [1.807, 2.05) is 0 Å². The number of hydrogen-bond acceptors (Lipinski definition) is 7. The number of halogens is 4. The molecule has 0 saturated carbocycles. The number of benzene rings is 2. The third-order valence-electron chi connectivity index (χ3n) is 6.48. The van der Waals surface area contributed by atoms with Gasteiger partial charge in [-0.15, -0.1) is 0 Å². The fourth-order valence-electron chi connectivity index (χ4n) is 3.85. The Morgan fingerprint density at radius 1 is 0.778 bits per heavy atom. The summed E-state index contributed by atoms with van der Waals surface area (Å²) in [4.78, 5) is 73.9. The molecule has 0 heterocycles. The van der Waals surface area contributed by atoms with Gasteiger partial charge in [0.1, 0.15) is 12.1 Å². The summed E-state index contributed by atoms with van der Waals surface area (Å²) in [6.07, 6.45) is 1.30. The van der Waals surface area contributed by atoms with Crippen LogP contribution in [0.2, 0.25) is 0 Å². The van der Waals surface area contributed by atoms with E-state index in [4.69, 9.17) is 31.0 Å². The first-order chi connectivity index (χ1) is 20.6. The molecule has 0 aliphatic carbocycles. The van der Waals surface area contributed by atoms with E-state index in [2.05, 4.69) is 10.6 Å². The van der Waals surface area contributed by atoms with Crippen LogP contribution in [0.1, 0.15) is 28.7 Å². The summed E-state index contributed by atoms with van der Waals surface area (Å²) >= 11 is 1.41. The minimum absolute atomic E-state index is 0.158. The first-order valence-corrected chi connectivity index (χ1v) is 17.4. The largest absolute Gasteiger partial charge is 0.399 e. The van der Waals surface area contributed by atoms with Crippen LogP contribution in [0.5, 0.6) is 0 Å². The first kappa shape index (κ1) is 38.4. The highest BCUT2D eigenvalue weighted by Gasteiger charge is 2.51. The molecule has 0 radical (unpaired) electrons. The third-order valence-corrected chi connectivity index (χ3v) is 9.10. The van der Waals surface area contributed by atoms with Gasteiger partial charge in [-0.25, -0.2) is 0 Å². The average molecular weight is 703 g/mol. The van der Waals surface area contributed by atoms with Gasteiger partial charge in [-0.3, -0.25) is 23.5 Å². The van der Waals surface area contributed by atoms with Crippen molar-refractivity contribution in [1.82, 2.24) is 10.6 Å². The van der Waals surface area contributed by atoms with E-state index >= 15 is 0 Å². The molecular weight excluding hydrogens is 670 g/mol. The zero-order chi connectivity index (χ0) is 34.4. The van der Waals surface area contributed by atoms with Crippen LogP contribution in [0.25, 0.3) is 0 Å². The highest BCUT2D eigenvalue weighted by atomic mass is 32.2. The molecule has 2 rings (SSSR count). The van der Waals surface area contributed by atoms with Gasteiger partial charge in [0, 0.05) is 24.0 Å². The summed E-state index contributed by atoms with van der Waals surface area (Å²) in [5, 5.41) is 4.75. The summed E-state index contributed by atoms with van der Waals surface area (Å²) in [5.41, 5.74) is 0.664. The van der Waals surface area contributed by atoms with Crippen molar-refractivity contribution < 1.29 is 60.6 Å². The van der Waals surface area contributed by atoms with E-state index in [9.17, 15) is 41.1 Å². The van der Waals surface area contributed by atoms with Crippen LogP contribution in [0.3, 0.4) is 0 Å². The quantitative estimate of drug-likeness (QED) is 0.0920. The number of nitrogens with one attached hydrogen (secondary N) is 2. The Morgan fingerprint density at radius 2 is 1.16 bits per heavy atom. The van der Waals surface area contributed by atoms with Gasteiger partial charge >= 0.3 is 26.5 Å². The van der Waals surface area contributed by atoms with Gasteiger partial charge in [-0.2, -0.15) is 29.3 Å². The molecule has 3 atom stereocenters. The molecule has 0 saturated heterocycles. The van der Waals surface area contributed by atoms with Crippen molar-refractivity contribution in [3.63, 3.8) is 0 Å². The Balaban J connectivity index is 2.31. The normalized spacial score (nSPS) is 14.7. The predicted molar refractivity (Wildman–Crippen MR) is 156 cm³/mol. The first-order valence-electron chi connectivity index (χ1n) is 12.8. The second-order valence-corrected chi connectivity index (χ2v) is 14.2. The van der Waals surface area contributed by atoms with Crippen molar-refractivity contribution in [3.05, 3.63) is 70.8 Å². The lowest BCUT2D eigenvalue weighted by Gasteiger charge is -2.24. The van der Waals surface area contributed by atoms with Gasteiger partial charge in [0.15, 0.2) is 0 Å². The van der Waals surface area contributed by atoms with Crippen molar-refractivity contribution in [1.29, 1.82) is 0 Å². The standard InChI is InChI=1S/C25H32F4N4O9P2S/c1-45-11-10-18(30)22(35)33-20(13-15-4-8-17(9-5-15)25(28,29)44(40,41)42)23(36)32-19(21(31)34)12-14-2-6-16(7-3-14)24(26,27)43(37,38)39/h2-9,18-20H,10-13,30H2,1H3,(H2,31,34)(H,32,36)(H,33,35)(H2,37,38,39)(H2,40,41,42). The van der Waals surface area contributed by atoms with Crippen LogP contribution in [-0.4, -0.2) is 67.4 Å². The topological polar surface area (TPSA) is 242 Å². The molecule has 0 aliphatic rings. The van der Waals surface area contributed by atoms with Crippen molar-refractivity contribution in [3.8, 4) is 0 Å². The molecule has 2 aromatic carbocycles. The van der Waals surface area contributed by atoms with E-state index < -0.39 is 73.5 Å². The van der Waals surface area contributed by atoms with E-state index in [-0.39, 0.29) is 30.4 Å². The average Bonchev–Trinajstić information content (AvgIpc) is 2.94. The smallest absolute Gasteiger partial charge is 0.368 e. The van der Waals surface area contributed by atoms with E-state index in [1.54, 1.807) is 6.26 Å². The number of primary amides is 1. The lowest BCUT2D eigenvalue weighted by Crippen LogP contribution is -2.56. The maximum atomic E-state index is 14.1. The van der Waals surface area contributed by atoms with Gasteiger partial charge in [0.05, 0.1) is 6.04 Å². The number of hydrogen-bond donors (Lipinski definition) is 8. The van der Waals surface area contributed by atoms with Crippen LogP contribution in [0.4, 0.5) is 17.6 Å². The van der Waals surface area contributed by atoms with Gasteiger partial charge in [-0.1, -0.05) is 48.5 Å². The zero-order valence-corrected chi connectivity index (χ0v) is 26.1. The maximum absolute atomic E-state index is 14.1. The predicted octanol–water partition coefficient (Wildman–Crippen LogP) is 1.46. The molecule has 10 N–H and O–H groups in total. The van der Waals surface area contributed by atoms with E-state index in [1.165, 1.54) is 11.8 Å². The highest BCUT2D eigenvalue weighted by Crippen LogP contribution is 2.60. The highest BCUT2D eigenvalue weighted by molar-refractivity contribution is 7.98. The number of alkyl halides is 4. The number of carbonyl (C=O) groups excluding carboxylic acids is 3. The number of amides is 3. The summed E-state index contributed by atoms with van der Waals surface area (Å²) in [6, 6.07) is 3.15. The molecule has 0 aliphatic heterocycles. The van der Waals surface area contributed by atoms with Crippen molar-refractivity contribution >= 4 is 44.7 Å². The number of rotatable bonds is 16. The van der Waals surface area contributed by atoms with Crippen LogP contribution in [0, 0.1) is 0 Å². The minimum atomic E-state index is -5.85. The molecule has 0 fully saturated rings. The summed E-state index contributed by atoms with van der Waals surface area (Å²) in [6.45, 7) is 0. The maximum Gasteiger partial charge on any atom is 0.399 e. The summed E-state index contributed by atoms with van der Waals surface area (Å²) in [5.74, 6) is -2.30. The second-order valence-electron chi connectivity index (χ2n) is 9.89. The van der Waals surface area contributed by atoms with Gasteiger partial charge in [0.25, 0.3) is 0 Å². The molecular formula is C25H32F4N4O9P2S. The molecule has 0 bridgehead atoms. The third kappa shape index (κ3) is 10.1. The Bertz CT molecular complexity index is 1460. The van der Waals surface area contributed by atoms with Crippen LogP contribution < -0.4 is 22.1 Å². The number of thioether (sulfide) groups is 1. The molecule has 20 heteroatoms. The molecule has 2 aromatic rings. The van der Waals surface area contributed by atoms with Crippen LogP contribution in [0.15, 0.2) is 48.5 Å². The molecule has 45 heavy (non-hydrogen) atoms. The van der Waals surface area contributed by atoms with Crippen LogP contribution in [-0.2, 0) is 47.7 Å². The Kier molecular flexibility index (Phi) is 12.9. The van der Waals surface area contributed by atoms with E-state index in [0.717, 1.165) is 48.5 Å². The zero-order valence-electron chi connectivity index (χ0n) is 23.5. The Hall–Kier alpha value is -2.82. The minimum Gasteiger partial charge on any atom is -0.368 e. The van der Waals surface area contributed by atoms with Gasteiger partial charge in [-0.05, 0) is 29.6 Å². The Labute approximate surface area is 258 Å². The van der Waals surface area contributed by atoms with Gasteiger partial charge < -0.3 is 41.7 Å². The van der Waals surface area contributed by atoms with Crippen molar-refractivity contribution in [2.75, 3.05) is 12.0 Å².